The molecule has 0 aliphatic carbocycles. The van der Waals surface area contributed by atoms with Gasteiger partial charge in [0.05, 0.1) is 18.9 Å². The summed E-state index contributed by atoms with van der Waals surface area (Å²) in [5, 5.41) is 4.34. The number of benzene rings is 2. The summed E-state index contributed by atoms with van der Waals surface area (Å²) in [4.78, 5) is 30.9. The molecule has 1 aromatic heterocycles. The number of esters is 1. The van der Waals surface area contributed by atoms with Crippen molar-refractivity contribution < 1.29 is 18.7 Å². The number of carbonyl (C=O) groups is 1. The molecule has 0 spiro atoms. The van der Waals surface area contributed by atoms with Crippen LogP contribution in [-0.2, 0) is 0 Å². The second kappa shape index (κ2) is 12.5. The number of hydrazone groups is 1. The maximum absolute atomic E-state index is 13.2. The van der Waals surface area contributed by atoms with Gasteiger partial charge < -0.3 is 19.3 Å². The lowest BCUT2D eigenvalue weighted by Gasteiger charge is -2.30. The highest BCUT2D eigenvalue weighted by molar-refractivity contribution is 5.91. The van der Waals surface area contributed by atoms with Crippen molar-refractivity contribution in [1.82, 2.24) is 15.0 Å². The van der Waals surface area contributed by atoms with Crippen LogP contribution in [0.25, 0.3) is 0 Å². The van der Waals surface area contributed by atoms with E-state index in [1.807, 2.05) is 0 Å². The predicted molar refractivity (Wildman–Crippen MR) is 148 cm³/mol. The minimum atomic E-state index is -0.611. The Morgan fingerprint density at radius 2 is 1.49 bits per heavy atom. The van der Waals surface area contributed by atoms with Crippen LogP contribution in [0.2, 0.25) is 0 Å². The van der Waals surface area contributed by atoms with Crippen molar-refractivity contribution in [2.24, 2.45) is 5.10 Å². The molecule has 0 saturated carbocycles. The molecule has 10 nitrogen and oxygen atoms in total. The van der Waals surface area contributed by atoms with Crippen LogP contribution in [-0.4, -0.2) is 60.4 Å². The molecule has 5 rings (SSSR count). The second-order valence-corrected chi connectivity index (χ2v) is 9.53. The molecule has 0 bridgehead atoms. The van der Waals surface area contributed by atoms with Crippen molar-refractivity contribution in [2.45, 2.75) is 38.5 Å². The SMILES string of the molecule is COc1cc(C=NNc2nc(N3CCCCC3)nc(N3CCCCC3)n2)ccc1OC(=O)c1ccc(F)cc1. The summed E-state index contributed by atoms with van der Waals surface area (Å²) in [5.41, 5.74) is 3.90. The normalized spacial score (nSPS) is 15.8. The van der Waals surface area contributed by atoms with Crippen LogP contribution >= 0.6 is 0 Å². The molecule has 2 fully saturated rings. The monoisotopic (exact) mass is 533 g/mol. The van der Waals surface area contributed by atoms with Gasteiger partial charge in [0.15, 0.2) is 11.5 Å². The van der Waals surface area contributed by atoms with E-state index >= 15 is 0 Å². The summed E-state index contributed by atoms with van der Waals surface area (Å²) >= 11 is 0. The summed E-state index contributed by atoms with van der Waals surface area (Å²) < 4.78 is 24.0. The van der Waals surface area contributed by atoms with Gasteiger partial charge in [-0.25, -0.2) is 14.6 Å². The number of methoxy groups -OCH3 is 1. The van der Waals surface area contributed by atoms with E-state index in [2.05, 4.69) is 30.3 Å². The lowest BCUT2D eigenvalue weighted by atomic mass is 10.1. The largest absolute Gasteiger partial charge is 0.493 e. The Balaban J connectivity index is 1.30. The topological polar surface area (TPSA) is 105 Å². The maximum Gasteiger partial charge on any atom is 0.343 e. The fourth-order valence-electron chi connectivity index (χ4n) is 4.63. The number of ether oxygens (including phenoxy) is 2. The molecule has 2 aliphatic heterocycles. The number of rotatable bonds is 8. The molecule has 0 unspecified atom stereocenters. The summed E-state index contributed by atoms with van der Waals surface area (Å²) in [6, 6.07) is 10.2. The lowest BCUT2D eigenvalue weighted by Crippen LogP contribution is -2.34. The lowest BCUT2D eigenvalue weighted by molar-refractivity contribution is 0.0729. The van der Waals surface area contributed by atoms with E-state index in [4.69, 9.17) is 14.5 Å². The molecule has 39 heavy (non-hydrogen) atoms. The quantitative estimate of drug-likeness (QED) is 0.191. The van der Waals surface area contributed by atoms with E-state index in [-0.39, 0.29) is 11.3 Å². The highest BCUT2D eigenvalue weighted by Gasteiger charge is 2.20. The van der Waals surface area contributed by atoms with Gasteiger partial charge in [-0.15, -0.1) is 0 Å². The van der Waals surface area contributed by atoms with Gasteiger partial charge in [-0.05, 0) is 86.6 Å². The van der Waals surface area contributed by atoms with Crippen LogP contribution < -0.4 is 24.7 Å². The molecule has 0 atom stereocenters. The van der Waals surface area contributed by atoms with Crippen LogP contribution in [0.5, 0.6) is 11.5 Å². The highest BCUT2D eigenvalue weighted by Crippen LogP contribution is 2.29. The Labute approximate surface area is 226 Å². The minimum absolute atomic E-state index is 0.235. The third-order valence-electron chi connectivity index (χ3n) is 6.74. The molecule has 11 heteroatoms. The summed E-state index contributed by atoms with van der Waals surface area (Å²) in [6.07, 6.45) is 8.57. The standard InChI is InChI=1S/C28H32FN7O3/c1-38-24-18-20(8-13-23(24)39-25(37)21-9-11-22(29)12-10-21)19-30-34-26-31-27(35-14-4-2-5-15-35)33-28(32-26)36-16-6-3-7-17-36/h8-13,18-19H,2-7,14-17H2,1H3,(H,31,32,33,34). The maximum atomic E-state index is 13.2. The van der Waals surface area contributed by atoms with Crippen LogP contribution in [0, 0.1) is 5.82 Å². The van der Waals surface area contributed by atoms with Crippen molar-refractivity contribution in [1.29, 1.82) is 0 Å². The van der Waals surface area contributed by atoms with Crippen LogP contribution in [0.4, 0.5) is 22.2 Å². The minimum Gasteiger partial charge on any atom is -0.493 e. The number of carbonyl (C=O) groups excluding carboxylic acids is 1. The van der Waals surface area contributed by atoms with Crippen molar-refractivity contribution in [3.05, 3.63) is 59.4 Å². The van der Waals surface area contributed by atoms with Gasteiger partial charge in [0.2, 0.25) is 17.8 Å². The molecule has 204 valence electrons. The van der Waals surface area contributed by atoms with Crippen molar-refractivity contribution >= 4 is 30.0 Å². The van der Waals surface area contributed by atoms with E-state index in [0.29, 0.717) is 29.2 Å². The van der Waals surface area contributed by atoms with Gasteiger partial charge in [-0.2, -0.15) is 20.1 Å². The molecule has 2 saturated heterocycles. The zero-order valence-electron chi connectivity index (χ0n) is 22.0. The number of nitrogens with one attached hydrogen (secondary N) is 1. The third kappa shape index (κ3) is 6.78. The Morgan fingerprint density at radius 3 is 2.08 bits per heavy atom. The van der Waals surface area contributed by atoms with Crippen LogP contribution in [0.3, 0.4) is 0 Å². The predicted octanol–water partition coefficient (Wildman–Crippen LogP) is 4.67. The van der Waals surface area contributed by atoms with Gasteiger partial charge in [-0.3, -0.25) is 0 Å². The van der Waals surface area contributed by atoms with E-state index in [1.165, 1.54) is 44.2 Å². The number of hydrogen-bond donors (Lipinski definition) is 1. The highest BCUT2D eigenvalue weighted by atomic mass is 19.1. The molecule has 2 aliphatic rings. The van der Waals surface area contributed by atoms with Gasteiger partial charge in [0, 0.05) is 26.2 Å². The van der Waals surface area contributed by atoms with Crippen molar-refractivity contribution in [2.75, 3.05) is 48.5 Å². The number of piperidine rings is 2. The van der Waals surface area contributed by atoms with Gasteiger partial charge in [-0.1, -0.05) is 0 Å². The fraction of sp³-hybridized carbons (Fsp3) is 0.393. The average Bonchev–Trinajstić information content (AvgIpc) is 2.99. The first-order valence-corrected chi connectivity index (χ1v) is 13.3. The number of anilines is 3. The van der Waals surface area contributed by atoms with E-state index in [1.54, 1.807) is 24.4 Å². The summed E-state index contributed by atoms with van der Waals surface area (Å²) in [6.45, 7) is 3.74. The third-order valence-corrected chi connectivity index (χ3v) is 6.74. The molecule has 0 radical (unpaired) electrons. The van der Waals surface area contributed by atoms with Gasteiger partial charge >= 0.3 is 5.97 Å². The Hall–Kier alpha value is -4.28. The first-order chi connectivity index (χ1) is 19.1. The molecule has 1 N–H and O–H groups in total. The van der Waals surface area contributed by atoms with E-state index < -0.39 is 11.8 Å². The molecule has 0 amide bonds. The van der Waals surface area contributed by atoms with Crippen molar-refractivity contribution in [3.8, 4) is 11.5 Å². The van der Waals surface area contributed by atoms with E-state index in [9.17, 15) is 9.18 Å². The van der Waals surface area contributed by atoms with Crippen molar-refractivity contribution in [3.63, 3.8) is 0 Å². The molecule has 3 aromatic rings. The van der Waals surface area contributed by atoms with Crippen LogP contribution in [0.1, 0.15) is 54.4 Å². The molecular formula is C28H32FN7O3. The molecular weight excluding hydrogens is 501 g/mol. The summed E-state index contributed by atoms with van der Waals surface area (Å²) in [7, 11) is 1.48. The number of halogens is 1. The zero-order chi connectivity index (χ0) is 27.0. The first kappa shape index (κ1) is 26.3. The smallest absolute Gasteiger partial charge is 0.343 e. The summed E-state index contributed by atoms with van der Waals surface area (Å²) in [5.74, 6) is 1.30. The number of nitrogens with zero attached hydrogens (tertiary/aromatic N) is 6. The Bertz CT molecular complexity index is 1270. The zero-order valence-corrected chi connectivity index (χ0v) is 22.0. The number of hydrogen-bond acceptors (Lipinski definition) is 10. The molecule has 2 aromatic carbocycles. The second-order valence-electron chi connectivity index (χ2n) is 9.53. The van der Waals surface area contributed by atoms with Gasteiger partial charge in [0.25, 0.3) is 0 Å². The van der Waals surface area contributed by atoms with Gasteiger partial charge in [0.1, 0.15) is 5.82 Å². The van der Waals surface area contributed by atoms with Crippen LogP contribution in [0.15, 0.2) is 47.6 Å². The molecule has 3 heterocycles. The Morgan fingerprint density at radius 1 is 0.872 bits per heavy atom. The average molecular weight is 534 g/mol. The van der Waals surface area contributed by atoms with E-state index in [0.717, 1.165) is 51.9 Å². The first-order valence-electron chi connectivity index (χ1n) is 13.3. The number of aromatic nitrogens is 3. The fourth-order valence-corrected chi connectivity index (χ4v) is 4.63. The Kier molecular flexibility index (Phi) is 8.45.